The topological polar surface area (TPSA) is 66.8 Å². The summed E-state index contributed by atoms with van der Waals surface area (Å²) in [5.41, 5.74) is 0. The van der Waals surface area contributed by atoms with Crippen LogP contribution < -0.4 is 4.74 Å². The fourth-order valence-electron chi connectivity index (χ4n) is 3.06. The lowest BCUT2D eigenvalue weighted by atomic mass is 9.80. The van der Waals surface area contributed by atoms with Gasteiger partial charge in [-0.15, -0.1) is 0 Å². The van der Waals surface area contributed by atoms with Gasteiger partial charge in [0.25, 0.3) is 0 Å². The molecule has 0 heterocycles. The van der Waals surface area contributed by atoms with Crippen LogP contribution >= 0.6 is 0 Å². The summed E-state index contributed by atoms with van der Waals surface area (Å²) in [6.45, 7) is 2.22. The molecule has 1 saturated carbocycles. The van der Waals surface area contributed by atoms with Crippen molar-refractivity contribution in [2.75, 3.05) is 7.11 Å². The average molecular weight is 358 g/mol. The summed E-state index contributed by atoms with van der Waals surface area (Å²) in [4.78, 5) is 10.7. The number of methoxy groups -OCH3 is 1. The highest BCUT2D eigenvalue weighted by Gasteiger charge is 2.25. The van der Waals surface area contributed by atoms with Crippen LogP contribution in [0.2, 0.25) is 0 Å². The van der Waals surface area contributed by atoms with Crippen LogP contribution in [0.15, 0.2) is 12.1 Å². The maximum atomic E-state index is 12.6. The van der Waals surface area contributed by atoms with E-state index in [1.807, 2.05) is 0 Å². The predicted octanol–water partition coefficient (Wildman–Crippen LogP) is 5.14. The second-order valence-electron chi connectivity index (χ2n) is 6.47. The van der Waals surface area contributed by atoms with Crippen molar-refractivity contribution in [1.29, 1.82) is 0 Å². The van der Waals surface area contributed by atoms with Gasteiger partial charge in [-0.05, 0) is 43.7 Å². The lowest BCUT2D eigenvalue weighted by Gasteiger charge is -2.25. The standard InChI is InChI=1S/C12H22O2.C7H6F2O2/c1-2-3-4-5-10-6-8-11(9-7-10)12(13)14;1-11-5-3-2-4(10)6(8)7(5)9/h10-11H,2-9H2,1H3,(H,13,14);2-3,10H,1H3/t10-,11-;. The summed E-state index contributed by atoms with van der Waals surface area (Å²) in [6.07, 6.45) is 9.36. The minimum absolute atomic E-state index is 0.0441. The molecule has 0 atom stereocenters. The lowest BCUT2D eigenvalue weighted by molar-refractivity contribution is -0.143. The molecule has 2 rings (SSSR count). The number of phenolic OH excluding ortho intramolecular Hbond substituents is 1. The van der Waals surface area contributed by atoms with Gasteiger partial charge in [-0.2, -0.15) is 8.78 Å². The number of carboxylic acid groups (broad SMARTS) is 1. The van der Waals surface area contributed by atoms with Gasteiger partial charge < -0.3 is 14.9 Å². The number of unbranched alkanes of at least 4 members (excludes halogenated alkanes) is 2. The molecular formula is C19H28F2O4. The first kappa shape index (κ1) is 21.2. The molecule has 2 N–H and O–H groups in total. The lowest BCUT2D eigenvalue weighted by Crippen LogP contribution is -2.21. The van der Waals surface area contributed by atoms with E-state index in [-0.39, 0.29) is 11.7 Å². The molecule has 6 heteroatoms. The van der Waals surface area contributed by atoms with Crippen molar-refractivity contribution in [3.05, 3.63) is 23.8 Å². The summed E-state index contributed by atoms with van der Waals surface area (Å²) < 4.78 is 29.5. The number of carbonyl (C=O) groups is 1. The van der Waals surface area contributed by atoms with E-state index in [1.54, 1.807) is 0 Å². The first-order chi connectivity index (χ1) is 11.9. The van der Waals surface area contributed by atoms with Crippen molar-refractivity contribution in [1.82, 2.24) is 0 Å². The van der Waals surface area contributed by atoms with Gasteiger partial charge in [0.2, 0.25) is 11.6 Å². The quantitative estimate of drug-likeness (QED) is 0.691. The molecule has 1 aromatic carbocycles. The molecule has 1 aliphatic carbocycles. The van der Waals surface area contributed by atoms with Crippen LogP contribution in [0.25, 0.3) is 0 Å². The Kier molecular flexibility index (Phi) is 9.24. The molecule has 0 aliphatic heterocycles. The first-order valence-electron chi connectivity index (χ1n) is 8.84. The maximum absolute atomic E-state index is 12.6. The number of carboxylic acids is 1. The van der Waals surface area contributed by atoms with E-state index in [9.17, 15) is 13.6 Å². The van der Waals surface area contributed by atoms with Gasteiger partial charge in [0.1, 0.15) is 0 Å². The molecule has 0 saturated heterocycles. The van der Waals surface area contributed by atoms with Crippen molar-refractivity contribution in [2.45, 2.75) is 58.3 Å². The molecular weight excluding hydrogens is 330 g/mol. The van der Waals surface area contributed by atoms with E-state index < -0.39 is 23.4 Å². The molecule has 0 bridgehead atoms. The Labute approximate surface area is 147 Å². The van der Waals surface area contributed by atoms with E-state index in [0.717, 1.165) is 43.7 Å². The Balaban J connectivity index is 0.000000257. The van der Waals surface area contributed by atoms with E-state index in [1.165, 1.54) is 32.8 Å². The Bertz CT molecular complexity index is 540. The maximum Gasteiger partial charge on any atom is 0.306 e. The van der Waals surface area contributed by atoms with Crippen molar-refractivity contribution in [3.8, 4) is 11.5 Å². The third-order valence-electron chi connectivity index (χ3n) is 4.66. The van der Waals surface area contributed by atoms with Gasteiger partial charge in [0.15, 0.2) is 11.5 Å². The minimum atomic E-state index is -1.29. The molecule has 0 unspecified atom stereocenters. The smallest absolute Gasteiger partial charge is 0.306 e. The molecule has 1 fully saturated rings. The van der Waals surface area contributed by atoms with E-state index in [2.05, 4.69) is 11.7 Å². The van der Waals surface area contributed by atoms with Crippen LogP contribution in [0.3, 0.4) is 0 Å². The Morgan fingerprint density at radius 1 is 1.16 bits per heavy atom. The minimum Gasteiger partial charge on any atom is -0.505 e. The number of halogens is 2. The van der Waals surface area contributed by atoms with Crippen LogP contribution in [-0.2, 0) is 4.79 Å². The number of hydrogen-bond donors (Lipinski definition) is 2. The first-order valence-corrected chi connectivity index (χ1v) is 8.84. The molecule has 0 amide bonds. The molecule has 0 spiro atoms. The highest BCUT2D eigenvalue weighted by atomic mass is 19.2. The summed E-state index contributed by atoms with van der Waals surface area (Å²) in [5.74, 6) is -3.22. The normalized spacial score (nSPS) is 19.7. The Hall–Kier alpha value is -1.85. The largest absolute Gasteiger partial charge is 0.505 e. The molecule has 0 radical (unpaired) electrons. The van der Waals surface area contributed by atoms with Crippen molar-refractivity contribution >= 4 is 5.97 Å². The second-order valence-corrected chi connectivity index (χ2v) is 6.47. The van der Waals surface area contributed by atoms with Crippen LogP contribution in [0.1, 0.15) is 58.3 Å². The second kappa shape index (κ2) is 10.9. The van der Waals surface area contributed by atoms with Crippen molar-refractivity contribution in [2.24, 2.45) is 11.8 Å². The molecule has 1 aromatic rings. The number of aromatic hydroxyl groups is 1. The zero-order chi connectivity index (χ0) is 18.8. The molecule has 0 aromatic heterocycles. The van der Waals surface area contributed by atoms with Gasteiger partial charge in [-0.1, -0.05) is 32.6 Å². The molecule has 25 heavy (non-hydrogen) atoms. The Morgan fingerprint density at radius 2 is 1.80 bits per heavy atom. The van der Waals surface area contributed by atoms with Gasteiger partial charge in [0, 0.05) is 0 Å². The highest BCUT2D eigenvalue weighted by molar-refractivity contribution is 5.69. The van der Waals surface area contributed by atoms with Gasteiger partial charge >= 0.3 is 5.97 Å². The van der Waals surface area contributed by atoms with Crippen LogP contribution in [0.5, 0.6) is 11.5 Å². The summed E-state index contributed by atoms with van der Waals surface area (Å²) >= 11 is 0. The SMILES string of the molecule is CCCCC[C@H]1CC[C@H](C(=O)O)CC1.COc1ccc(O)c(F)c1F. The average Bonchev–Trinajstić information content (AvgIpc) is 2.61. The molecule has 142 valence electrons. The van der Waals surface area contributed by atoms with Crippen LogP contribution in [-0.4, -0.2) is 23.3 Å². The van der Waals surface area contributed by atoms with E-state index in [0.29, 0.717) is 0 Å². The summed E-state index contributed by atoms with van der Waals surface area (Å²) in [6, 6.07) is 2.17. The van der Waals surface area contributed by atoms with E-state index in [4.69, 9.17) is 10.2 Å². The third kappa shape index (κ3) is 6.88. The zero-order valence-corrected chi connectivity index (χ0v) is 14.9. The monoisotopic (exact) mass is 358 g/mol. The van der Waals surface area contributed by atoms with Gasteiger partial charge in [-0.3, -0.25) is 4.79 Å². The van der Waals surface area contributed by atoms with E-state index >= 15 is 0 Å². The zero-order valence-electron chi connectivity index (χ0n) is 14.9. The van der Waals surface area contributed by atoms with Crippen LogP contribution in [0, 0.1) is 23.5 Å². The fourth-order valence-corrected chi connectivity index (χ4v) is 3.06. The summed E-state index contributed by atoms with van der Waals surface area (Å²) in [7, 11) is 1.22. The number of aliphatic carboxylic acids is 1. The number of hydrogen-bond acceptors (Lipinski definition) is 3. The number of ether oxygens (including phenoxy) is 1. The van der Waals surface area contributed by atoms with Crippen LogP contribution in [0.4, 0.5) is 8.78 Å². The summed E-state index contributed by atoms with van der Waals surface area (Å²) in [5, 5.41) is 17.5. The number of benzene rings is 1. The molecule has 4 nitrogen and oxygen atoms in total. The fraction of sp³-hybridized carbons (Fsp3) is 0.632. The van der Waals surface area contributed by atoms with Crippen molar-refractivity contribution < 1.29 is 28.5 Å². The highest BCUT2D eigenvalue weighted by Crippen LogP contribution is 2.32. The van der Waals surface area contributed by atoms with Gasteiger partial charge in [0.05, 0.1) is 13.0 Å². The number of phenols is 1. The number of rotatable bonds is 6. The van der Waals surface area contributed by atoms with Crippen molar-refractivity contribution in [3.63, 3.8) is 0 Å². The molecule has 1 aliphatic rings. The third-order valence-corrected chi connectivity index (χ3v) is 4.66. The Morgan fingerprint density at radius 3 is 2.32 bits per heavy atom. The predicted molar refractivity (Wildman–Crippen MR) is 91.8 cm³/mol. The van der Waals surface area contributed by atoms with Gasteiger partial charge in [-0.25, -0.2) is 0 Å².